The van der Waals surface area contributed by atoms with E-state index in [9.17, 15) is 4.79 Å². The number of rotatable bonds is 4. The highest BCUT2D eigenvalue weighted by Gasteiger charge is 2.22. The average Bonchev–Trinajstić information content (AvgIpc) is 3.08. The van der Waals surface area contributed by atoms with Crippen LogP contribution in [0.5, 0.6) is 0 Å². The molecule has 2 fully saturated rings. The van der Waals surface area contributed by atoms with E-state index in [0.29, 0.717) is 6.54 Å². The van der Waals surface area contributed by atoms with Gasteiger partial charge in [0.05, 0.1) is 6.10 Å². The zero-order valence-electron chi connectivity index (χ0n) is 12.8. The molecule has 0 unspecified atom stereocenters. The van der Waals surface area contributed by atoms with Crippen molar-refractivity contribution in [2.45, 2.75) is 37.8 Å². The number of nitrogens with zero attached hydrogens (tertiary/aromatic N) is 2. The Morgan fingerprint density at radius 2 is 2.18 bits per heavy atom. The van der Waals surface area contributed by atoms with Gasteiger partial charge in [0.1, 0.15) is 5.82 Å². The molecule has 2 saturated heterocycles. The molecule has 0 spiro atoms. The number of carbonyl (C=O) groups is 1. The number of aromatic nitrogens is 1. The molecule has 22 heavy (non-hydrogen) atoms. The molecule has 6 nitrogen and oxygen atoms in total. The van der Waals surface area contributed by atoms with Crippen LogP contribution in [0.2, 0.25) is 0 Å². The Labute approximate surface area is 131 Å². The van der Waals surface area contributed by atoms with Crippen LogP contribution in [0.3, 0.4) is 0 Å². The second-order valence-corrected chi connectivity index (χ2v) is 5.94. The SMILES string of the molecule is O=C(NC[C@H]1CCCO1)NC1CCN(c2ccccn2)CC1. The summed E-state index contributed by atoms with van der Waals surface area (Å²) in [4.78, 5) is 18.6. The first-order valence-electron chi connectivity index (χ1n) is 8.13. The van der Waals surface area contributed by atoms with E-state index in [1.165, 1.54) is 0 Å². The first-order chi connectivity index (χ1) is 10.8. The molecule has 0 aliphatic carbocycles. The molecule has 2 N–H and O–H groups in total. The van der Waals surface area contributed by atoms with Crippen molar-refractivity contribution in [3.05, 3.63) is 24.4 Å². The van der Waals surface area contributed by atoms with E-state index in [4.69, 9.17) is 4.74 Å². The van der Waals surface area contributed by atoms with Crippen molar-refractivity contribution >= 4 is 11.8 Å². The van der Waals surface area contributed by atoms with Gasteiger partial charge in [0.15, 0.2) is 0 Å². The molecule has 3 rings (SSSR count). The van der Waals surface area contributed by atoms with Crippen molar-refractivity contribution in [1.82, 2.24) is 15.6 Å². The van der Waals surface area contributed by atoms with Crippen molar-refractivity contribution in [1.29, 1.82) is 0 Å². The van der Waals surface area contributed by atoms with Crippen LogP contribution >= 0.6 is 0 Å². The van der Waals surface area contributed by atoms with Gasteiger partial charge in [-0.3, -0.25) is 0 Å². The van der Waals surface area contributed by atoms with Crippen LogP contribution in [0.1, 0.15) is 25.7 Å². The number of urea groups is 1. The average molecular weight is 304 g/mol. The van der Waals surface area contributed by atoms with E-state index in [-0.39, 0.29) is 18.2 Å². The van der Waals surface area contributed by atoms with Gasteiger partial charge in [-0.1, -0.05) is 6.07 Å². The minimum absolute atomic E-state index is 0.0770. The Bertz CT molecular complexity index is 468. The maximum atomic E-state index is 11.9. The number of hydrogen-bond donors (Lipinski definition) is 2. The molecular formula is C16H24N4O2. The van der Waals surface area contributed by atoms with Gasteiger partial charge >= 0.3 is 6.03 Å². The molecule has 3 heterocycles. The first-order valence-corrected chi connectivity index (χ1v) is 8.13. The van der Waals surface area contributed by atoms with Crippen LogP contribution in [0, 0.1) is 0 Å². The van der Waals surface area contributed by atoms with Crippen LogP contribution in [0.25, 0.3) is 0 Å². The summed E-state index contributed by atoms with van der Waals surface area (Å²) >= 11 is 0. The normalized spacial score (nSPS) is 22.5. The zero-order chi connectivity index (χ0) is 15.2. The molecule has 2 aliphatic heterocycles. The smallest absolute Gasteiger partial charge is 0.315 e. The van der Waals surface area contributed by atoms with Gasteiger partial charge in [0.2, 0.25) is 0 Å². The van der Waals surface area contributed by atoms with E-state index in [2.05, 4.69) is 20.5 Å². The quantitative estimate of drug-likeness (QED) is 0.885. The Kier molecular flexibility index (Phi) is 5.11. The van der Waals surface area contributed by atoms with Crippen LogP contribution < -0.4 is 15.5 Å². The molecule has 0 saturated carbocycles. The lowest BCUT2D eigenvalue weighted by Crippen LogP contribution is -2.49. The lowest BCUT2D eigenvalue weighted by molar-refractivity contribution is 0.111. The minimum atomic E-state index is -0.0770. The van der Waals surface area contributed by atoms with Crippen LogP contribution in [-0.4, -0.2) is 49.4 Å². The predicted octanol–water partition coefficient (Wildman–Crippen LogP) is 1.53. The van der Waals surface area contributed by atoms with Gasteiger partial charge in [0.25, 0.3) is 0 Å². The van der Waals surface area contributed by atoms with Crippen molar-refractivity contribution in [2.75, 3.05) is 31.1 Å². The lowest BCUT2D eigenvalue weighted by Gasteiger charge is -2.33. The van der Waals surface area contributed by atoms with Gasteiger partial charge in [-0.15, -0.1) is 0 Å². The highest BCUT2D eigenvalue weighted by Crippen LogP contribution is 2.17. The third-order valence-electron chi connectivity index (χ3n) is 4.32. The lowest BCUT2D eigenvalue weighted by atomic mass is 10.1. The summed E-state index contributed by atoms with van der Waals surface area (Å²) in [5.74, 6) is 1.02. The molecule has 0 radical (unpaired) electrons. The van der Waals surface area contributed by atoms with E-state index < -0.39 is 0 Å². The number of amides is 2. The summed E-state index contributed by atoms with van der Waals surface area (Å²) in [6.07, 6.45) is 6.05. The van der Waals surface area contributed by atoms with Crippen molar-refractivity contribution in [2.24, 2.45) is 0 Å². The third-order valence-corrected chi connectivity index (χ3v) is 4.32. The highest BCUT2D eigenvalue weighted by molar-refractivity contribution is 5.74. The second-order valence-electron chi connectivity index (χ2n) is 5.94. The molecule has 1 atom stereocenters. The molecule has 120 valence electrons. The molecule has 2 amide bonds. The third kappa shape index (κ3) is 4.10. The van der Waals surface area contributed by atoms with Crippen LogP contribution in [0.4, 0.5) is 10.6 Å². The maximum absolute atomic E-state index is 11.9. The standard InChI is InChI=1S/C16H24N4O2/c21-16(18-12-14-4-3-11-22-14)19-13-6-9-20(10-7-13)15-5-1-2-8-17-15/h1-2,5,8,13-14H,3-4,6-7,9-12H2,(H2,18,19,21)/t14-/m1/s1. The van der Waals surface area contributed by atoms with Crippen LogP contribution in [-0.2, 0) is 4.74 Å². The van der Waals surface area contributed by atoms with Gasteiger partial charge in [0, 0.05) is 38.5 Å². The number of anilines is 1. The summed E-state index contributed by atoms with van der Waals surface area (Å²) in [5.41, 5.74) is 0. The van der Waals surface area contributed by atoms with Gasteiger partial charge in [-0.25, -0.2) is 9.78 Å². The van der Waals surface area contributed by atoms with Gasteiger partial charge < -0.3 is 20.3 Å². The summed E-state index contributed by atoms with van der Waals surface area (Å²) < 4.78 is 5.50. The summed E-state index contributed by atoms with van der Waals surface area (Å²) in [6.45, 7) is 3.28. The van der Waals surface area contributed by atoms with E-state index in [1.807, 2.05) is 24.4 Å². The number of nitrogens with one attached hydrogen (secondary N) is 2. The Hall–Kier alpha value is -1.82. The summed E-state index contributed by atoms with van der Waals surface area (Å²) in [6, 6.07) is 6.12. The Balaban J connectivity index is 1.37. The van der Waals surface area contributed by atoms with E-state index in [0.717, 1.165) is 51.2 Å². The second kappa shape index (κ2) is 7.45. The minimum Gasteiger partial charge on any atom is -0.376 e. The van der Waals surface area contributed by atoms with Crippen LogP contribution in [0.15, 0.2) is 24.4 Å². The van der Waals surface area contributed by atoms with Crippen molar-refractivity contribution in [3.63, 3.8) is 0 Å². The first kappa shape index (κ1) is 15.1. The predicted molar refractivity (Wildman–Crippen MR) is 85.0 cm³/mol. The van der Waals surface area contributed by atoms with Gasteiger partial charge in [-0.2, -0.15) is 0 Å². The number of hydrogen-bond acceptors (Lipinski definition) is 4. The summed E-state index contributed by atoms with van der Waals surface area (Å²) in [5, 5.41) is 5.98. The molecular weight excluding hydrogens is 280 g/mol. The Morgan fingerprint density at radius 1 is 1.32 bits per heavy atom. The Morgan fingerprint density at radius 3 is 2.86 bits per heavy atom. The van der Waals surface area contributed by atoms with Crippen molar-refractivity contribution < 1.29 is 9.53 Å². The molecule has 1 aromatic rings. The molecule has 6 heteroatoms. The summed E-state index contributed by atoms with van der Waals surface area (Å²) in [7, 11) is 0. The van der Waals surface area contributed by atoms with Gasteiger partial charge in [-0.05, 0) is 37.8 Å². The fourth-order valence-corrected chi connectivity index (χ4v) is 3.04. The fraction of sp³-hybridized carbons (Fsp3) is 0.625. The van der Waals surface area contributed by atoms with E-state index >= 15 is 0 Å². The largest absolute Gasteiger partial charge is 0.376 e. The topological polar surface area (TPSA) is 66.5 Å². The monoisotopic (exact) mass is 304 g/mol. The molecule has 1 aromatic heterocycles. The van der Waals surface area contributed by atoms with E-state index in [1.54, 1.807) is 0 Å². The zero-order valence-corrected chi connectivity index (χ0v) is 12.8. The fourth-order valence-electron chi connectivity index (χ4n) is 3.04. The highest BCUT2D eigenvalue weighted by atomic mass is 16.5. The molecule has 2 aliphatic rings. The molecule has 0 bridgehead atoms. The number of pyridine rings is 1. The number of piperidine rings is 1. The maximum Gasteiger partial charge on any atom is 0.315 e. The molecule has 0 aromatic carbocycles. The number of carbonyl (C=O) groups excluding carboxylic acids is 1. The van der Waals surface area contributed by atoms with Crippen molar-refractivity contribution in [3.8, 4) is 0 Å². The number of ether oxygens (including phenoxy) is 1.